The maximum Gasteiger partial charge on any atom is 0.0469 e. The van der Waals surface area contributed by atoms with Crippen molar-refractivity contribution < 1.29 is 4.74 Å². The Morgan fingerprint density at radius 1 is 1.41 bits per heavy atom. The molecule has 3 N–H and O–H groups in total. The number of hydrogen-bond acceptors (Lipinski definition) is 3. The molecule has 0 bridgehead atoms. The molecule has 0 radical (unpaired) electrons. The van der Waals surface area contributed by atoms with E-state index in [1.165, 1.54) is 5.56 Å². The minimum atomic E-state index is 0.341. The SMILES string of the molecule is NNC(Cc1cccc(Br)c1)C1CCOCC1. The summed E-state index contributed by atoms with van der Waals surface area (Å²) in [5.41, 5.74) is 4.28. The maximum absolute atomic E-state index is 5.69. The van der Waals surface area contributed by atoms with Crippen LogP contribution in [0.5, 0.6) is 0 Å². The van der Waals surface area contributed by atoms with Gasteiger partial charge in [0.2, 0.25) is 0 Å². The highest BCUT2D eigenvalue weighted by Gasteiger charge is 2.23. The summed E-state index contributed by atoms with van der Waals surface area (Å²) >= 11 is 3.50. The molecule has 1 aliphatic heterocycles. The van der Waals surface area contributed by atoms with Crippen molar-refractivity contribution in [3.63, 3.8) is 0 Å². The molecule has 0 aliphatic carbocycles. The average Bonchev–Trinajstić information content (AvgIpc) is 2.37. The molecule has 1 saturated heterocycles. The first-order valence-corrected chi connectivity index (χ1v) is 6.87. The second kappa shape index (κ2) is 6.50. The molecule has 0 amide bonds. The molecule has 1 fully saturated rings. The van der Waals surface area contributed by atoms with Gasteiger partial charge in [-0.2, -0.15) is 0 Å². The highest BCUT2D eigenvalue weighted by Crippen LogP contribution is 2.22. The Morgan fingerprint density at radius 2 is 2.18 bits per heavy atom. The summed E-state index contributed by atoms with van der Waals surface area (Å²) in [5.74, 6) is 6.31. The molecule has 17 heavy (non-hydrogen) atoms. The molecule has 1 aliphatic rings. The lowest BCUT2D eigenvalue weighted by molar-refractivity contribution is 0.0538. The molecule has 1 aromatic carbocycles. The molecule has 2 rings (SSSR count). The van der Waals surface area contributed by atoms with E-state index in [9.17, 15) is 0 Å². The summed E-state index contributed by atoms with van der Waals surface area (Å²) in [5, 5.41) is 0. The lowest BCUT2D eigenvalue weighted by Gasteiger charge is -2.29. The molecule has 1 heterocycles. The summed E-state index contributed by atoms with van der Waals surface area (Å²) in [7, 11) is 0. The monoisotopic (exact) mass is 298 g/mol. The zero-order valence-electron chi connectivity index (χ0n) is 9.86. The van der Waals surface area contributed by atoms with Crippen molar-refractivity contribution in [3.05, 3.63) is 34.3 Å². The van der Waals surface area contributed by atoms with Crippen molar-refractivity contribution >= 4 is 15.9 Å². The third kappa shape index (κ3) is 3.78. The summed E-state index contributed by atoms with van der Waals surface area (Å²) in [4.78, 5) is 0. The molecule has 0 saturated carbocycles. The number of nitrogens with one attached hydrogen (secondary N) is 1. The number of rotatable bonds is 4. The van der Waals surface area contributed by atoms with E-state index >= 15 is 0 Å². The molecule has 3 nitrogen and oxygen atoms in total. The summed E-state index contributed by atoms with van der Waals surface area (Å²) in [6.45, 7) is 1.72. The standard InChI is InChI=1S/C13H19BrN2O/c14-12-3-1-2-10(8-12)9-13(16-15)11-4-6-17-7-5-11/h1-3,8,11,13,16H,4-7,9,15H2. The fraction of sp³-hybridized carbons (Fsp3) is 0.538. The topological polar surface area (TPSA) is 47.3 Å². The third-order valence-corrected chi connectivity index (χ3v) is 3.89. The molecule has 0 spiro atoms. The quantitative estimate of drug-likeness (QED) is 0.662. The Bertz CT molecular complexity index is 353. The van der Waals surface area contributed by atoms with E-state index in [1.807, 2.05) is 6.07 Å². The van der Waals surface area contributed by atoms with Gasteiger partial charge in [0, 0.05) is 23.7 Å². The van der Waals surface area contributed by atoms with Gasteiger partial charge in [0.05, 0.1) is 0 Å². The van der Waals surface area contributed by atoms with Crippen molar-refractivity contribution in [1.29, 1.82) is 0 Å². The van der Waals surface area contributed by atoms with Crippen LogP contribution in [-0.2, 0) is 11.2 Å². The molecule has 1 unspecified atom stereocenters. The third-order valence-electron chi connectivity index (χ3n) is 3.39. The number of nitrogens with two attached hydrogens (primary N) is 1. The Balaban J connectivity index is 1.98. The van der Waals surface area contributed by atoms with E-state index in [-0.39, 0.29) is 0 Å². The number of hydrazine groups is 1. The van der Waals surface area contributed by atoms with Gasteiger partial charge in [-0.05, 0) is 42.9 Å². The molecule has 0 aromatic heterocycles. The lowest BCUT2D eigenvalue weighted by atomic mass is 9.88. The molecular formula is C13H19BrN2O. The first kappa shape index (κ1) is 13.0. The molecule has 4 heteroatoms. The van der Waals surface area contributed by atoms with Crippen LogP contribution in [0.15, 0.2) is 28.7 Å². The fourth-order valence-electron chi connectivity index (χ4n) is 2.40. The number of ether oxygens (including phenoxy) is 1. The van der Waals surface area contributed by atoms with Crippen molar-refractivity contribution in [3.8, 4) is 0 Å². The van der Waals surface area contributed by atoms with Crippen LogP contribution >= 0.6 is 15.9 Å². The Labute approximate surface area is 111 Å². The summed E-state index contributed by atoms with van der Waals surface area (Å²) in [6, 6.07) is 8.76. The van der Waals surface area contributed by atoms with E-state index in [0.717, 1.165) is 36.9 Å². The van der Waals surface area contributed by atoms with Crippen molar-refractivity contribution in [2.24, 2.45) is 11.8 Å². The Kier molecular flexibility index (Phi) is 4.98. The van der Waals surface area contributed by atoms with Gasteiger partial charge in [0.25, 0.3) is 0 Å². The van der Waals surface area contributed by atoms with Crippen LogP contribution in [0.2, 0.25) is 0 Å². The summed E-state index contributed by atoms with van der Waals surface area (Å²) in [6.07, 6.45) is 3.17. The Hall–Kier alpha value is -0.420. The van der Waals surface area contributed by atoms with Crippen LogP contribution in [0, 0.1) is 5.92 Å². The molecule has 1 atom stereocenters. The first-order chi connectivity index (χ1) is 8.29. The normalized spacial score (nSPS) is 19.2. The van der Waals surface area contributed by atoms with Gasteiger partial charge >= 0.3 is 0 Å². The van der Waals surface area contributed by atoms with E-state index in [4.69, 9.17) is 10.6 Å². The highest BCUT2D eigenvalue weighted by atomic mass is 79.9. The molecule has 1 aromatic rings. The Morgan fingerprint density at radius 3 is 2.82 bits per heavy atom. The van der Waals surface area contributed by atoms with E-state index in [0.29, 0.717) is 12.0 Å². The number of hydrogen-bond donors (Lipinski definition) is 2. The number of halogens is 1. The van der Waals surface area contributed by atoms with Crippen molar-refractivity contribution in [2.45, 2.75) is 25.3 Å². The minimum Gasteiger partial charge on any atom is -0.381 e. The van der Waals surface area contributed by atoms with Crippen molar-refractivity contribution in [2.75, 3.05) is 13.2 Å². The maximum atomic E-state index is 5.69. The van der Waals surface area contributed by atoms with Crippen LogP contribution < -0.4 is 11.3 Å². The van der Waals surface area contributed by atoms with Crippen LogP contribution in [0.3, 0.4) is 0 Å². The van der Waals surface area contributed by atoms with E-state index in [2.05, 4.69) is 39.6 Å². The summed E-state index contributed by atoms with van der Waals surface area (Å²) < 4.78 is 6.51. The van der Waals surface area contributed by atoms with E-state index < -0.39 is 0 Å². The molecular weight excluding hydrogens is 280 g/mol. The lowest BCUT2D eigenvalue weighted by Crippen LogP contribution is -2.44. The van der Waals surface area contributed by atoms with E-state index in [1.54, 1.807) is 0 Å². The van der Waals surface area contributed by atoms with Crippen molar-refractivity contribution in [1.82, 2.24) is 5.43 Å². The smallest absolute Gasteiger partial charge is 0.0469 e. The van der Waals surface area contributed by atoms with Gasteiger partial charge < -0.3 is 4.74 Å². The predicted octanol–water partition coefficient (Wildman–Crippen LogP) is 2.25. The fourth-order valence-corrected chi connectivity index (χ4v) is 2.84. The van der Waals surface area contributed by atoms with Gasteiger partial charge in [-0.15, -0.1) is 0 Å². The van der Waals surface area contributed by atoms with Gasteiger partial charge in [0.15, 0.2) is 0 Å². The van der Waals surface area contributed by atoms with Crippen LogP contribution in [0.25, 0.3) is 0 Å². The largest absolute Gasteiger partial charge is 0.381 e. The first-order valence-electron chi connectivity index (χ1n) is 6.08. The number of benzene rings is 1. The van der Waals surface area contributed by atoms with Crippen LogP contribution in [0.4, 0.5) is 0 Å². The zero-order valence-corrected chi connectivity index (χ0v) is 11.4. The second-order valence-corrected chi connectivity index (χ2v) is 5.47. The van der Waals surface area contributed by atoms with Crippen LogP contribution in [-0.4, -0.2) is 19.3 Å². The second-order valence-electron chi connectivity index (χ2n) is 4.56. The molecule has 94 valence electrons. The predicted molar refractivity (Wildman–Crippen MR) is 72.5 cm³/mol. The zero-order chi connectivity index (χ0) is 12.1. The van der Waals surface area contributed by atoms with Crippen LogP contribution in [0.1, 0.15) is 18.4 Å². The minimum absolute atomic E-state index is 0.341. The highest BCUT2D eigenvalue weighted by molar-refractivity contribution is 9.10. The van der Waals surface area contributed by atoms with Gasteiger partial charge in [-0.3, -0.25) is 11.3 Å². The van der Waals surface area contributed by atoms with Gasteiger partial charge in [-0.1, -0.05) is 28.1 Å². The van der Waals surface area contributed by atoms with Gasteiger partial charge in [0.1, 0.15) is 0 Å². The average molecular weight is 299 g/mol. The van der Waals surface area contributed by atoms with Gasteiger partial charge in [-0.25, -0.2) is 0 Å².